The summed E-state index contributed by atoms with van der Waals surface area (Å²) in [5.41, 5.74) is 0. The first-order chi connectivity index (χ1) is 14.4. The molecule has 0 aromatic heterocycles. The Bertz CT molecular complexity index is 980. The van der Waals surface area contributed by atoms with Gasteiger partial charge in [-0.15, -0.1) is 0 Å². The summed E-state index contributed by atoms with van der Waals surface area (Å²) in [7, 11) is -6.97. The average molecular weight is 438 g/mol. The summed E-state index contributed by atoms with van der Waals surface area (Å²) in [6, 6.07) is 44.0. The molecule has 4 aromatic carbocycles. The zero-order valence-corrected chi connectivity index (χ0v) is 18.0. The molecule has 4 nitrogen and oxygen atoms in total. The van der Waals surface area contributed by atoms with E-state index in [0.29, 0.717) is 0 Å². The zero-order chi connectivity index (χ0) is 21.5. The summed E-state index contributed by atoms with van der Waals surface area (Å²) < 4.78 is 31.6. The van der Waals surface area contributed by atoms with Crippen molar-refractivity contribution < 1.29 is 17.5 Å². The molecule has 2 N–H and O–H groups in total. The van der Waals surface area contributed by atoms with Crippen molar-refractivity contribution in [1.29, 1.82) is 0 Å². The standard InChI is InChI=1S/C24H21P.H2O4S/c1-5-13-21(14-6-1)25(22-15-7-2-8-16-22,23-17-9-3-10-18-23)24-19-11-4-12-20-24;1-5(2,3)4/h1-20,25H;(H2,1,2,3,4). The van der Waals surface area contributed by atoms with Gasteiger partial charge in [-0.3, -0.25) is 9.11 Å². The van der Waals surface area contributed by atoms with Gasteiger partial charge in [0.15, 0.2) is 0 Å². The van der Waals surface area contributed by atoms with Crippen molar-refractivity contribution in [2.75, 3.05) is 0 Å². The minimum atomic E-state index is -4.67. The van der Waals surface area contributed by atoms with Crippen LogP contribution in [0.2, 0.25) is 0 Å². The van der Waals surface area contributed by atoms with Crippen LogP contribution in [0.4, 0.5) is 0 Å². The molecule has 0 aliphatic carbocycles. The zero-order valence-electron chi connectivity index (χ0n) is 16.2. The Balaban J connectivity index is 0.000000461. The van der Waals surface area contributed by atoms with Crippen molar-refractivity contribution >= 4 is 38.9 Å². The van der Waals surface area contributed by atoms with Gasteiger partial charge in [0.2, 0.25) is 0 Å². The van der Waals surface area contributed by atoms with E-state index in [9.17, 15) is 0 Å². The second-order valence-electron chi connectivity index (χ2n) is 6.66. The van der Waals surface area contributed by atoms with Crippen molar-refractivity contribution in [2.45, 2.75) is 0 Å². The van der Waals surface area contributed by atoms with Crippen molar-refractivity contribution in [3.8, 4) is 0 Å². The van der Waals surface area contributed by atoms with Crippen molar-refractivity contribution in [3.05, 3.63) is 121 Å². The van der Waals surface area contributed by atoms with E-state index in [1.54, 1.807) is 0 Å². The van der Waals surface area contributed by atoms with Gasteiger partial charge in [-0.2, -0.15) is 8.42 Å². The van der Waals surface area contributed by atoms with E-state index >= 15 is 0 Å². The Kier molecular flexibility index (Phi) is 7.14. The van der Waals surface area contributed by atoms with E-state index in [0.717, 1.165) is 0 Å². The van der Waals surface area contributed by atoms with Gasteiger partial charge in [0.1, 0.15) is 0 Å². The molecule has 0 aliphatic heterocycles. The van der Waals surface area contributed by atoms with Crippen LogP contribution in [0, 0.1) is 0 Å². The van der Waals surface area contributed by atoms with Crippen LogP contribution < -0.4 is 21.2 Å². The first-order valence-electron chi connectivity index (χ1n) is 9.34. The quantitative estimate of drug-likeness (QED) is 0.378. The van der Waals surface area contributed by atoms with Gasteiger partial charge < -0.3 is 0 Å². The molecule has 4 aromatic rings. The Morgan fingerprint density at radius 3 is 0.767 bits per heavy atom. The minimum absolute atomic E-state index is 1.42. The molecule has 0 radical (unpaired) electrons. The van der Waals surface area contributed by atoms with E-state index < -0.39 is 17.7 Å². The van der Waals surface area contributed by atoms with Gasteiger partial charge in [-0.05, 0) is 0 Å². The van der Waals surface area contributed by atoms with Gasteiger partial charge in [-0.1, -0.05) is 0 Å². The van der Waals surface area contributed by atoms with Crippen LogP contribution in [-0.4, -0.2) is 17.5 Å². The summed E-state index contributed by atoms with van der Waals surface area (Å²) >= 11 is 0. The molecule has 6 heteroatoms. The van der Waals surface area contributed by atoms with Crippen molar-refractivity contribution in [1.82, 2.24) is 0 Å². The molecule has 154 valence electrons. The topological polar surface area (TPSA) is 74.6 Å². The molecular formula is C24H23O4PS. The summed E-state index contributed by atoms with van der Waals surface area (Å²) in [6.07, 6.45) is 0. The van der Waals surface area contributed by atoms with Crippen LogP contribution in [0.1, 0.15) is 0 Å². The van der Waals surface area contributed by atoms with E-state index in [4.69, 9.17) is 17.5 Å². The number of benzene rings is 4. The van der Waals surface area contributed by atoms with E-state index in [1.807, 2.05) is 0 Å². The Morgan fingerprint density at radius 1 is 0.433 bits per heavy atom. The molecule has 0 heterocycles. The van der Waals surface area contributed by atoms with Crippen molar-refractivity contribution in [2.24, 2.45) is 0 Å². The van der Waals surface area contributed by atoms with Gasteiger partial charge in [0, 0.05) is 0 Å². The van der Waals surface area contributed by atoms with E-state index in [2.05, 4.69) is 121 Å². The van der Waals surface area contributed by atoms with Gasteiger partial charge >= 0.3 is 160 Å². The Morgan fingerprint density at radius 2 is 0.600 bits per heavy atom. The second-order valence-corrected chi connectivity index (χ2v) is 11.4. The van der Waals surface area contributed by atoms with Gasteiger partial charge in [-0.25, -0.2) is 0 Å². The van der Waals surface area contributed by atoms with E-state index in [-0.39, 0.29) is 0 Å². The third-order valence-corrected chi connectivity index (χ3v) is 9.62. The molecule has 30 heavy (non-hydrogen) atoms. The molecule has 0 bridgehead atoms. The Hall–Kier alpha value is -2.82. The second kappa shape index (κ2) is 9.79. The van der Waals surface area contributed by atoms with E-state index in [1.165, 1.54) is 21.2 Å². The van der Waals surface area contributed by atoms with Crippen LogP contribution in [-0.2, 0) is 10.4 Å². The predicted octanol–water partition coefficient (Wildman–Crippen LogP) is 3.39. The fraction of sp³-hybridized carbons (Fsp3) is 0. The fourth-order valence-corrected chi connectivity index (χ4v) is 8.52. The summed E-state index contributed by atoms with van der Waals surface area (Å²) in [6.45, 7) is 0. The molecule has 0 aliphatic rings. The SMILES string of the molecule is O=S(=O)(O)O.c1ccc([PH](c2ccccc2)(c2ccccc2)c2ccccc2)cc1. The number of hydrogen-bond acceptors (Lipinski definition) is 2. The molecule has 4 rings (SSSR count). The summed E-state index contributed by atoms with van der Waals surface area (Å²) in [5, 5.41) is 5.66. The molecule has 0 atom stereocenters. The molecular weight excluding hydrogens is 415 g/mol. The predicted molar refractivity (Wildman–Crippen MR) is 127 cm³/mol. The fourth-order valence-electron chi connectivity index (χ4n) is 3.75. The molecule has 0 amide bonds. The van der Waals surface area contributed by atoms with Crippen LogP contribution in [0.25, 0.3) is 0 Å². The maximum absolute atomic E-state index is 8.74. The number of rotatable bonds is 4. The molecule has 0 fully saturated rings. The monoisotopic (exact) mass is 438 g/mol. The average Bonchev–Trinajstić information content (AvgIpc) is 2.76. The third-order valence-electron chi connectivity index (χ3n) is 4.83. The van der Waals surface area contributed by atoms with Gasteiger partial charge in [0.05, 0.1) is 0 Å². The van der Waals surface area contributed by atoms with Crippen LogP contribution in [0.3, 0.4) is 0 Å². The maximum atomic E-state index is 8.74. The third kappa shape index (κ3) is 5.21. The first kappa shape index (κ1) is 21.9. The first-order valence-corrected chi connectivity index (χ1v) is 12.7. The molecule has 0 unspecified atom stereocenters. The molecule has 0 spiro atoms. The molecule has 0 saturated heterocycles. The van der Waals surface area contributed by atoms with Crippen LogP contribution in [0.15, 0.2) is 121 Å². The Labute approximate surface area is 177 Å². The molecule has 0 saturated carbocycles. The van der Waals surface area contributed by atoms with Crippen molar-refractivity contribution in [3.63, 3.8) is 0 Å². The van der Waals surface area contributed by atoms with Crippen LogP contribution >= 0.6 is 7.26 Å². The summed E-state index contributed by atoms with van der Waals surface area (Å²) in [5.74, 6) is 0. The van der Waals surface area contributed by atoms with Crippen LogP contribution in [0.5, 0.6) is 0 Å². The van der Waals surface area contributed by atoms with Gasteiger partial charge in [0.25, 0.3) is 0 Å². The number of hydrogen-bond donors (Lipinski definition) is 2. The summed E-state index contributed by atoms with van der Waals surface area (Å²) in [4.78, 5) is 0. The normalized spacial score (nSPS) is 11.8.